The zero-order valence-electron chi connectivity index (χ0n) is 7.76. The number of rotatable bonds is 6. The van der Waals surface area contributed by atoms with Gasteiger partial charge < -0.3 is 10.1 Å². The maximum atomic E-state index is 4.96. The lowest BCUT2D eigenvalue weighted by atomic mass is 10.2. The second kappa shape index (κ2) is 6.38. The molecule has 0 aliphatic heterocycles. The lowest BCUT2D eigenvalue weighted by Crippen LogP contribution is -2.33. The zero-order valence-corrected chi connectivity index (χ0v) is 7.76. The van der Waals surface area contributed by atoms with Crippen LogP contribution in [0.4, 0.5) is 0 Å². The van der Waals surface area contributed by atoms with Crippen molar-refractivity contribution in [3.05, 3.63) is 12.7 Å². The first-order valence-electron chi connectivity index (χ1n) is 4.08. The van der Waals surface area contributed by atoms with Crippen LogP contribution in [0.5, 0.6) is 0 Å². The molecule has 11 heavy (non-hydrogen) atoms. The van der Waals surface area contributed by atoms with Crippen molar-refractivity contribution in [2.45, 2.75) is 32.4 Å². The SMILES string of the molecule is C=CC(C)NC(C)CCOC. The van der Waals surface area contributed by atoms with E-state index in [2.05, 4.69) is 25.7 Å². The highest BCUT2D eigenvalue weighted by molar-refractivity contribution is 4.83. The van der Waals surface area contributed by atoms with Crippen molar-refractivity contribution in [3.8, 4) is 0 Å². The van der Waals surface area contributed by atoms with E-state index in [1.54, 1.807) is 7.11 Å². The summed E-state index contributed by atoms with van der Waals surface area (Å²) in [6.45, 7) is 8.76. The highest BCUT2D eigenvalue weighted by Gasteiger charge is 2.02. The topological polar surface area (TPSA) is 21.3 Å². The molecule has 0 rings (SSSR count). The summed E-state index contributed by atoms with van der Waals surface area (Å²) in [4.78, 5) is 0. The molecule has 0 radical (unpaired) electrons. The lowest BCUT2D eigenvalue weighted by Gasteiger charge is -2.16. The molecule has 2 unspecified atom stereocenters. The van der Waals surface area contributed by atoms with Gasteiger partial charge in [-0.25, -0.2) is 0 Å². The van der Waals surface area contributed by atoms with Gasteiger partial charge in [0.2, 0.25) is 0 Å². The number of methoxy groups -OCH3 is 1. The molecule has 0 amide bonds. The summed E-state index contributed by atoms with van der Waals surface area (Å²) >= 11 is 0. The second-order valence-corrected chi connectivity index (χ2v) is 2.87. The second-order valence-electron chi connectivity index (χ2n) is 2.87. The Kier molecular flexibility index (Phi) is 6.18. The van der Waals surface area contributed by atoms with Gasteiger partial charge in [-0.2, -0.15) is 0 Å². The van der Waals surface area contributed by atoms with Gasteiger partial charge in [0.15, 0.2) is 0 Å². The Morgan fingerprint density at radius 2 is 2.18 bits per heavy atom. The molecule has 1 N–H and O–H groups in total. The summed E-state index contributed by atoms with van der Waals surface area (Å²) in [5.41, 5.74) is 0. The van der Waals surface area contributed by atoms with Crippen LogP contribution in [0.2, 0.25) is 0 Å². The number of hydrogen-bond donors (Lipinski definition) is 1. The van der Waals surface area contributed by atoms with Crippen LogP contribution in [-0.4, -0.2) is 25.8 Å². The van der Waals surface area contributed by atoms with E-state index in [1.165, 1.54) is 0 Å². The molecule has 0 fully saturated rings. The molecule has 0 aromatic rings. The number of nitrogens with one attached hydrogen (secondary N) is 1. The molecule has 0 saturated heterocycles. The minimum atomic E-state index is 0.391. The summed E-state index contributed by atoms with van der Waals surface area (Å²) in [5, 5.41) is 3.37. The predicted octanol–water partition coefficient (Wildman–Crippen LogP) is 1.58. The largest absolute Gasteiger partial charge is 0.385 e. The third-order valence-corrected chi connectivity index (χ3v) is 1.66. The highest BCUT2D eigenvalue weighted by atomic mass is 16.5. The summed E-state index contributed by atoms with van der Waals surface area (Å²) < 4.78 is 4.96. The number of hydrogen-bond acceptors (Lipinski definition) is 2. The quantitative estimate of drug-likeness (QED) is 0.591. The third-order valence-electron chi connectivity index (χ3n) is 1.66. The van der Waals surface area contributed by atoms with Gasteiger partial charge in [0.05, 0.1) is 0 Å². The van der Waals surface area contributed by atoms with Crippen LogP contribution >= 0.6 is 0 Å². The van der Waals surface area contributed by atoms with Crippen molar-refractivity contribution in [2.75, 3.05) is 13.7 Å². The molecule has 2 atom stereocenters. The fraction of sp³-hybridized carbons (Fsp3) is 0.778. The van der Waals surface area contributed by atoms with E-state index < -0.39 is 0 Å². The molecule has 0 heterocycles. The standard InChI is InChI=1S/C9H19NO/c1-5-8(2)10-9(3)6-7-11-4/h5,8-10H,1,6-7H2,2-4H3. The molecule has 0 aromatic carbocycles. The molecule has 0 spiro atoms. The Bertz CT molecular complexity index is 104. The van der Waals surface area contributed by atoms with Crippen molar-refractivity contribution < 1.29 is 4.74 Å². The van der Waals surface area contributed by atoms with Crippen LogP contribution in [0.15, 0.2) is 12.7 Å². The normalized spacial score (nSPS) is 15.9. The van der Waals surface area contributed by atoms with Gasteiger partial charge in [-0.05, 0) is 20.3 Å². The third kappa shape index (κ3) is 6.07. The Balaban J connectivity index is 3.34. The molecule has 0 aromatic heterocycles. The molecule has 2 nitrogen and oxygen atoms in total. The van der Waals surface area contributed by atoms with Crippen LogP contribution in [0.25, 0.3) is 0 Å². The lowest BCUT2D eigenvalue weighted by molar-refractivity contribution is 0.184. The fourth-order valence-corrected chi connectivity index (χ4v) is 0.895. The van der Waals surface area contributed by atoms with E-state index in [-0.39, 0.29) is 0 Å². The summed E-state index contributed by atoms with van der Waals surface area (Å²) in [6.07, 6.45) is 2.96. The molecule has 66 valence electrons. The average Bonchev–Trinajstić information content (AvgIpc) is 2.00. The Morgan fingerprint density at radius 3 is 2.64 bits per heavy atom. The minimum absolute atomic E-state index is 0.391. The Labute approximate surface area is 69.6 Å². The van der Waals surface area contributed by atoms with Gasteiger partial charge in [-0.3, -0.25) is 0 Å². The van der Waals surface area contributed by atoms with Crippen molar-refractivity contribution in [1.82, 2.24) is 5.32 Å². The first-order valence-corrected chi connectivity index (χ1v) is 4.08. The average molecular weight is 157 g/mol. The van der Waals surface area contributed by atoms with E-state index in [0.717, 1.165) is 13.0 Å². The van der Waals surface area contributed by atoms with Crippen LogP contribution < -0.4 is 5.32 Å². The van der Waals surface area contributed by atoms with E-state index in [1.807, 2.05) is 6.08 Å². The molecule has 0 bridgehead atoms. The van der Waals surface area contributed by atoms with Crippen LogP contribution in [0.1, 0.15) is 20.3 Å². The zero-order chi connectivity index (χ0) is 8.69. The summed E-state index contributed by atoms with van der Waals surface area (Å²) in [7, 11) is 1.73. The van der Waals surface area contributed by atoms with Gasteiger partial charge in [-0.1, -0.05) is 6.08 Å². The minimum Gasteiger partial charge on any atom is -0.385 e. The predicted molar refractivity (Wildman–Crippen MR) is 48.7 cm³/mol. The van der Waals surface area contributed by atoms with Crippen molar-refractivity contribution >= 4 is 0 Å². The Morgan fingerprint density at radius 1 is 1.55 bits per heavy atom. The maximum absolute atomic E-state index is 4.96. The van der Waals surface area contributed by atoms with Gasteiger partial charge >= 0.3 is 0 Å². The van der Waals surface area contributed by atoms with Gasteiger partial charge in [0.1, 0.15) is 0 Å². The number of ether oxygens (including phenoxy) is 1. The summed E-state index contributed by atoms with van der Waals surface area (Å²) in [6, 6.07) is 0.893. The van der Waals surface area contributed by atoms with Crippen LogP contribution in [-0.2, 0) is 4.74 Å². The van der Waals surface area contributed by atoms with E-state index in [0.29, 0.717) is 12.1 Å². The molecule has 0 aliphatic rings. The van der Waals surface area contributed by atoms with Crippen LogP contribution in [0.3, 0.4) is 0 Å². The van der Waals surface area contributed by atoms with E-state index in [4.69, 9.17) is 4.74 Å². The fourth-order valence-electron chi connectivity index (χ4n) is 0.895. The van der Waals surface area contributed by atoms with Crippen LogP contribution in [0, 0.1) is 0 Å². The first kappa shape index (κ1) is 10.7. The molecular weight excluding hydrogens is 138 g/mol. The smallest absolute Gasteiger partial charge is 0.0476 e. The highest BCUT2D eigenvalue weighted by Crippen LogP contribution is 1.93. The first-order chi connectivity index (χ1) is 5.20. The molecule has 0 aliphatic carbocycles. The van der Waals surface area contributed by atoms with E-state index >= 15 is 0 Å². The van der Waals surface area contributed by atoms with Gasteiger partial charge in [0.25, 0.3) is 0 Å². The van der Waals surface area contributed by atoms with Gasteiger partial charge in [0, 0.05) is 25.8 Å². The van der Waals surface area contributed by atoms with Crippen molar-refractivity contribution in [2.24, 2.45) is 0 Å². The van der Waals surface area contributed by atoms with Crippen molar-refractivity contribution in [3.63, 3.8) is 0 Å². The van der Waals surface area contributed by atoms with Gasteiger partial charge in [-0.15, -0.1) is 6.58 Å². The molecule has 0 saturated carbocycles. The maximum Gasteiger partial charge on any atom is 0.0476 e. The van der Waals surface area contributed by atoms with E-state index in [9.17, 15) is 0 Å². The van der Waals surface area contributed by atoms with Crippen molar-refractivity contribution in [1.29, 1.82) is 0 Å². The molecule has 2 heteroatoms. The Hall–Kier alpha value is -0.340. The molecular formula is C9H19NO. The summed E-state index contributed by atoms with van der Waals surface area (Å²) in [5.74, 6) is 0. The monoisotopic (exact) mass is 157 g/mol.